The second-order valence-electron chi connectivity index (χ2n) is 7.36. The molecule has 2 aliphatic carbocycles. The van der Waals surface area contributed by atoms with Gasteiger partial charge in [-0.3, -0.25) is 4.79 Å². The monoisotopic (exact) mass is 409 g/mol. The number of carbonyl (C=O) groups excluding carboxylic acids is 1. The summed E-state index contributed by atoms with van der Waals surface area (Å²) < 4.78 is 12.8. The van der Waals surface area contributed by atoms with E-state index in [1.807, 2.05) is 36.4 Å². The van der Waals surface area contributed by atoms with Crippen molar-refractivity contribution < 1.29 is 14.3 Å². The molecule has 0 radical (unpaired) electrons. The summed E-state index contributed by atoms with van der Waals surface area (Å²) in [6, 6.07) is 11.6. The number of carbonyl (C=O) groups is 1. The summed E-state index contributed by atoms with van der Waals surface area (Å²) in [7, 11) is 3.23. The lowest BCUT2D eigenvalue weighted by atomic mass is 10.1. The number of ether oxygens (including phenoxy) is 2. The summed E-state index contributed by atoms with van der Waals surface area (Å²) in [4.78, 5) is 12.9. The van der Waals surface area contributed by atoms with Crippen LogP contribution < -0.4 is 14.8 Å². The first-order valence-corrected chi connectivity index (χ1v) is 9.90. The standard InChI is InChI=1S/C22H20ClN3O3/c1-28-18-9-12-8-17-20(22(27)24-14-6-7-14)25-26(15-5-3-4-13(23)10-15)21(17)16(12)11-19(18)29-2/h3-5,9-11,14H,6-8H2,1-2H3,(H,24,27). The molecule has 0 bridgehead atoms. The van der Waals surface area contributed by atoms with Crippen molar-refractivity contribution in [3.8, 4) is 28.4 Å². The lowest BCUT2D eigenvalue weighted by Gasteiger charge is -2.12. The van der Waals surface area contributed by atoms with Gasteiger partial charge in [-0.05, 0) is 48.7 Å². The van der Waals surface area contributed by atoms with Crippen LogP contribution in [0.1, 0.15) is 34.5 Å². The van der Waals surface area contributed by atoms with Crippen molar-refractivity contribution in [1.82, 2.24) is 15.1 Å². The molecular weight excluding hydrogens is 390 g/mol. The quantitative estimate of drug-likeness (QED) is 0.541. The lowest BCUT2D eigenvalue weighted by Crippen LogP contribution is -2.26. The number of benzene rings is 2. The lowest BCUT2D eigenvalue weighted by molar-refractivity contribution is 0.0945. The molecule has 1 heterocycles. The number of hydrogen-bond acceptors (Lipinski definition) is 4. The Labute approximate surface area is 173 Å². The van der Waals surface area contributed by atoms with Crippen LogP contribution in [0.4, 0.5) is 0 Å². The number of amides is 1. The van der Waals surface area contributed by atoms with Gasteiger partial charge >= 0.3 is 0 Å². The van der Waals surface area contributed by atoms with Crippen molar-refractivity contribution in [2.45, 2.75) is 25.3 Å². The summed E-state index contributed by atoms with van der Waals surface area (Å²) in [6.07, 6.45) is 2.66. The zero-order valence-electron chi connectivity index (χ0n) is 16.2. The molecule has 29 heavy (non-hydrogen) atoms. The molecule has 1 N–H and O–H groups in total. The molecule has 1 aromatic heterocycles. The van der Waals surface area contributed by atoms with Crippen molar-refractivity contribution in [3.05, 3.63) is 58.2 Å². The van der Waals surface area contributed by atoms with Crippen LogP contribution in [0.15, 0.2) is 36.4 Å². The van der Waals surface area contributed by atoms with Gasteiger partial charge in [0.1, 0.15) is 0 Å². The van der Waals surface area contributed by atoms with E-state index in [0.717, 1.165) is 40.9 Å². The molecule has 2 aliphatic rings. The fraction of sp³-hybridized carbons (Fsp3) is 0.273. The maximum atomic E-state index is 12.9. The number of hydrogen-bond donors (Lipinski definition) is 1. The van der Waals surface area contributed by atoms with Crippen molar-refractivity contribution in [3.63, 3.8) is 0 Å². The zero-order chi connectivity index (χ0) is 20.1. The Bertz CT molecular complexity index is 1130. The smallest absolute Gasteiger partial charge is 0.272 e. The number of halogens is 1. The van der Waals surface area contributed by atoms with Gasteiger partial charge < -0.3 is 14.8 Å². The van der Waals surface area contributed by atoms with Gasteiger partial charge in [0.05, 0.1) is 25.6 Å². The molecule has 7 heteroatoms. The molecule has 0 aliphatic heterocycles. The minimum atomic E-state index is -0.128. The van der Waals surface area contributed by atoms with E-state index < -0.39 is 0 Å². The molecular formula is C22H20ClN3O3. The van der Waals surface area contributed by atoms with Gasteiger partial charge in [0.2, 0.25) is 0 Å². The van der Waals surface area contributed by atoms with Crippen LogP contribution in [0.25, 0.3) is 16.9 Å². The topological polar surface area (TPSA) is 65.4 Å². The van der Waals surface area contributed by atoms with Crippen molar-refractivity contribution in [2.75, 3.05) is 14.2 Å². The number of methoxy groups -OCH3 is 2. The third-order valence-corrected chi connectivity index (χ3v) is 5.63. The van der Waals surface area contributed by atoms with E-state index in [1.54, 1.807) is 18.9 Å². The zero-order valence-corrected chi connectivity index (χ0v) is 16.9. The summed E-state index contributed by atoms with van der Waals surface area (Å²) >= 11 is 6.22. The minimum absolute atomic E-state index is 0.128. The first kappa shape index (κ1) is 18.1. The molecule has 1 amide bonds. The van der Waals surface area contributed by atoms with Crippen LogP contribution in [0.2, 0.25) is 5.02 Å². The summed E-state index contributed by atoms with van der Waals surface area (Å²) in [5.41, 5.74) is 5.13. The molecule has 148 valence electrons. The molecule has 5 rings (SSSR count). The maximum Gasteiger partial charge on any atom is 0.272 e. The Kier molecular flexibility index (Phi) is 4.24. The van der Waals surface area contributed by atoms with E-state index in [4.69, 9.17) is 26.2 Å². The van der Waals surface area contributed by atoms with Gasteiger partial charge in [-0.2, -0.15) is 5.10 Å². The van der Waals surface area contributed by atoms with Gasteiger partial charge in [0.25, 0.3) is 5.91 Å². The number of rotatable bonds is 5. The van der Waals surface area contributed by atoms with Gasteiger partial charge in [0.15, 0.2) is 17.2 Å². The second-order valence-corrected chi connectivity index (χ2v) is 7.79. The highest BCUT2D eigenvalue weighted by molar-refractivity contribution is 6.30. The van der Waals surface area contributed by atoms with Gasteiger partial charge in [-0.1, -0.05) is 17.7 Å². The molecule has 1 fully saturated rings. The van der Waals surface area contributed by atoms with E-state index in [1.165, 1.54) is 0 Å². The van der Waals surface area contributed by atoms with Crippen LogP contribution in [-0.4, -0.2) is 35.9 Å². The Morgan fingerprint density at radius 1 is 1.17 bits per heavy atom. The molecule has 0 atom stereocenters. The average molecular weight is 410 g/mol. The third kappa shape index (κ3) is 3.04. The minimum Gasteiger partial charge on any atom is -0.493 e. The summed E-state index contributed by atoms with van der Waals surface area (Å²) in [5.74, 6) is 1.18. The third-order valence-electron chi connectivity index (χ3n) is 5.40. The Hall–Kier alpha value is -2.99. The van der Waals surface area contributed by atoms with Crippen molar-refractivity contribution in [2.24, 2.45) is 0 Å². The summed E-state index contributed by atoms with van der Waals surface area (Å²) in [5, 5.41) is 8.36. The normalized spacial score (nSPS) is 14.3. The summed E-state index contributed by atoms with van der Waals surface area (Å²) in [6.45, 7) is 0. The number of nitrogens with one attached hydrogen (secondary N) is 1. The first-order chi connectivity index (χ1) is 14.1. The Balaban J connectivity index is 1.70. The average Bonchev–Trinajstić information content (AvgIpc) is 3.34. The Morgan fingerprint density at radius 3 is 2.62 bits per heavy atom. The molecule has 2 aromatic carbocycles. The molecule has 0 spiro atoms. The fourth-order valence-corrected chi connectivity index (χ4v) is 4.02. The van der Waals surface area contributed by atoms with E-state index in [2.05, 4.69) is 5.32 Å². The van der Waals surface area contributed by atoms with Gasteiger partial charge in [0, 0.05) is 28.6 Å². The molecule has 6 nitrogen and oxygen atoms in total. The van der Waals surface area contributed by atoms with E-state index >= 15 is 0 Å². The predicted molar refractivity (Wildman–Crippen MR) is 110 cm³/mol. The van der Waals surface area contributed by atoms with E-state index in [9.17, 15) is 4.79 Å². The predicted octanol–water partition coefficient (Wildman–Crippen LogP) is 4.01. The second kappa shape index (κ2) is 6.81. The highest BCUT2D eigenvalue weighted by atomic mass is 35.5. The molecule has 0 unspecified atom stereocenters. The molecule has 1 saturated carbocycles. The molecule has 0 saturated heterocycles. The first-order valence-electron chi connectivity index (χ1n) is 9.53. The van der Waals surface area contributed by atoms with E-state index in [0.29, 0.717) is 28.6 Å². The van der Waals surface area contributed by atoms with Crippen molar-refractivity contribution >= 4 is 17.5 Å². The van der Waals surface area contributed by atoms with Crippen LogP contribution in [0, 0.1) is 0 Å². The van der Waals surface area contributed by atoms with Crippen molar-refractivity contribution in [1.29, 1.82) is 0 Å². The number of aromatic nitrogens is 2. The van der Waals surface area contributed by atoms with Crippen LogP contribution in [0.3, 0.4) is 0 Å². The van der Waals surface area contributed by atoms with Crippen LogP contribution in [0.5, 0.6) is 11.5 Å². The van der Waals surface area contributed by atoms with Crippen LogP contribution >= 0.6 is 11.6 Å². The number of nitrogens with zero attached hydrogens (tertiary/aromatic N) is 2. The van der Waals surface area contributed by atoms with Gasteiger partial charge in [-0.25, -0.2) is 4.68 Å². The fourth-order valence-electron chi connectivity index (χ4n) is 3.83. The highest BCUT2D eigenvalue weighted by Gasteiger charge is 2.34. The van der Waals surface area contributed by atoms with Crippen LogP contribution in [-0.2, 0) is 6.42 Å². The van der Waals surface area contributed by atoms with Gasteiger partial charge in [-0.15, -0.1) is 0 Å². The largest absolute Gasteiger partial charge is 0.493 e. The highest BCUT2D eigenvalue weighted by Crippen LogP contribution is 2.45. The maximum absolute atomic E-state index is 12.9. The SMILES string of the molecule is COc1cc2c(cc1OC)-c1c(c(C(=O)NC3CC3)nn1-c1cccc(Cl)c1)C2. The number of fused-ring (bicyclic) bond motifs is 3. The molecule has 3 aromatic rings. The van der Waals surface area contributed by atoms with E-state index in [-0.39, 0.29) is 11.9 Å². The Morgan fingerprint density at radius 2 is 1.93 bits per heavy atom.